The Hall–Kier alpha value is -5.12. The number of carbonyl (C=O) groups excluding carboxylic acids is 5. The number of imide groups is 2. The van der Waals surface area contributed by atoms with E-state index in [4.69, 9.17) is 23.2 Å². The molecule has 9 rings (SSSR count). The molecule has 2 aromatic carbocycles. The molecule has 4 aromatic rings. The summed E-state index contributed by atoms with van der Waals surface area (Å²) in [6, 6.07) is 9.59. The van der Waals surface area contributed by atoms with Gasteiger partial charge in [0, 0.05) is 50.4 Å². The standard InChI is InChI=1S/C41H44Cl2N10O5/c42-30-2-1-3-31(43)34(30)39(56)48-25-16-27(17-25)52-22-47-35-36(45-21-46-37(35)52)44-19-23-8-12-50(13-9-23)20-24-10-14-51(15-11-24)26-4-5-28-29(18-26)41(58)53(40(28)57)32-6-7-33(54)49-38(32)55/h1-5,18,21-25,27,32H,6-17,19-20H2,(H,48,56)(H,44,45,46)(H,49,54,55)/t25?,27?,32-/m0/s1. The van der Waals surface area contributed by atoms with Crippen molar-refractivity contribution in [1.82, 2.24) is 40.0 Å². The number of amides is 5. The van der Waals surface area contributed by atoms with Gasteiger partial charge in [0.05, 0.1) is 33.1 Å². The van der Waals surface area contributed by atoms with Crippen molar-refractivity contribution in [3.8, 4) is 0 Å². The molecule has 1 saturated carbocycles. The minimum Gasteiger partial charge on any atom is -0.371 e. The van der Waals surface area contributed by atoms with Crippen LogP contribution in [-0.2, 0) is 9.59 Å². The predicted molar refractivity (Wildman–Crippen MR) is 217 cm³/mol. The molecule has 17 heteroatoms. The Morgan fingerprint density at radius 2 is 1.57 bits per heavy atom. The van der Waals surface area contributed by atoms with Crippen molar-refractivity contribution in [3.63, 3.8) is 0 Å². The normalized spacial score (nSPS) is 23.2. The van der Waals surface area contributed by atoms with Crippen LogP contribution >= 0.6 is 23.2 Å². The zero-order valence-electron chi connectivity index (χ0n) is 31.8. The maximum Gasteiger partial charge on any atom is 0.262 e. The lowest BCUT2D eigenvalue weighted by atomic mass is 9.86. The molecule has 3 saturated heterocycles. The number of rotatable bonds is 10. The quantitative estimate of drug-likeness (QED) is 0.189. The molecule has 6 heterocycles. The topological polar surface area (TPSA) is 175 Å². The molecule has 1 atom stereocenters. The van der Waals surface area contributed by atoms with E-state index >= 15 is 0 Å². The number of nitrogens with one attached hydrogen (secondary N) is 3. The number of halogens is 2. The molecule has 0 radical (unpaired) electrons. The van der Waals surface area contributed by atoms with Gasteiger partial charge in [-0.25, -0.2) is 15.0 Å². The molecule has 58 heavy (non-hydrogen) atoms. The van der Waals surface area contributed by atoms with E-state index in [1.54, 1.807) is 36.7 Å². The van der Waals surface area contributed by atoms with Gasteiger partial charge in [-0.15, -0.1) is 0 Å². The Bertz CT molecular complexity index is 2280. The third-order valence-corrected chi connectivity index (χ3v) is 13.2. The number of aromatic nitrogens is 4. The molecule has 0 unspecified atom stereocenters. The number of imidazole rings is 1. The number of hydrogen-bond donors (Lipinski definition) is 3. The molecule has 0 spiro atoms. The fourth-order valence-electron chi connectivity index (χ4n) is 9.16. The molecule has 2 aromatic heterocycles. The number of nitrogens with zero attached hydrogens (tertiary/aromatic N) is 7. The minimum absolute atomic E-state index is 0.000851. The van der Waals surface area contributed by atoms with Crippen molar-refractivity contribution in [1.29, 1.82) is 0 Å². The fourth-order valence-corrected chi connectivity index (χ4v) is 9.73. The van der Waals surface area contributed by atoms with E-state index in [1.807, 2.05) is 12.4 Å². The van der Waals surface area contributed by atoms with Crippen molar-refractivity contribution in [2.45, 2.75) is 69.5 Å². The second-order valence-electron chi connectivity index (χ2n) is 16.2. The highest BCUT2D eigenvalue weighted by Crippen LogP contribution is 2.37. The van der Waals surface area contributed by atoms with Crippen LogP contribution in [0.1, 0.15) is 88.5 Å². The molecule has 302 valence electrons. The minimum atomic E-state index is -0.967. The molecule has 1 aliphatic carbocycles. The third kappa shape index (κ3) is 7.39. The first-order valence-corrected chi connectivity index (χ1v) is 20.9. The van der Waals surface area contributed by atoms with Crippen molar-refractivity contribution in [2.75, 3.05) is 49.5 Å². The van der Waals surface area contributed by atoms with Crippen molar-refractivity contribution in [2.24, 2.45) is 11.8 Å². The van der Waals surface area contributed by atoms with Crippen molar-refractivity contribution < 1.29 is 24.0 Å². The summed E-state index contributed by atoms with van der Waals surface area (Å²) in [7, 11) is 0. The molecule has 3 N–H and O–H groups in total. The van der Waals surface area contributed by atoms with Gasteiger partial charge in [0.2, 0.25) is 11.8 Å². The van der Waals surface area contributed by atoms with Crippen LogP contribution in [0, 0.1) is 11.8 Å². The zero-order valence-corrected chi connectivity index (χ0v) is 33.3. The summed E-state index contributed by atoms with van der Waals surface area (Å²) in [6.45, 7) is 5.70. The highest BCUT2D eigenvalue weighted by atomic mass is 35.5. The van der Waals surface area contributed by atoms with Crippen LogP contribution < -0.4 is 20.9 Å². The summed E-state index contributed by atoms with van der Waals surface area (Å²) in [6.07, 6.45) is 9.40. The van der Waals surface area contributed by atoms with Crippen LogP contribution in [0.4, 0.5) is 11.5 Å². The van der Waals surface area contributed by atoms with Crippen molar-refractivity contribution in [3.05, 3.63) is 75.8 Å². The van der Waals surface area contributed by atoms with E-state index in [0.29, 0.717) is 38.6 Å². The molecular weight excluding hydrogens is 783 g/mol. The summed E-state index contributed by atoms with van der Waals surface area (Å²) >= 11 is 12.5. The average Bonchev–Trinajstić information content (AvgIpc) is 3.74. The summed E-state index contributed by atoms with van der Waals surface area (Å²) in [5, 5.41) is 9.52. The van der Waals surface area contributed by atoms with E-state index in [-0.39, 0.29) is 36.7 Å². The van der Waals surface area contributed by atoms with Crippen molar-refractivity contribution >= 4 is 75.4 Å². The number of anilines is 2. The monoisotopic (exact) mass is 826 g/mol. The average molecular weight is 828 g/mol. The van der Waals surface area contributed by atoms with Crippen LogP contribution in [-0.4, -0.2) is 110 Å². The predicted octanol–water partition coefficient (Wildman–Crippen LogP) is 4.71. The van der Waals surface area contributed by atoms with Crippen LogP contribution in [0.5, 0.6) is 0 Å². The van der Waals surface area contributed by atoms with Gasteiger partial charge < -0.3 is 25.0 Å². The fraction of sp³-hybridized carbons (Fsp3) is 0.463. The van der Waals surface area contributed by atoms with Gasteiger partial charge >= 0.3 is 0 Å². The Kier molecular flexibility index (Phi) is 10.5. The third-order valence-electron chi connectivity index (χ3n) is 12.6. The van der Waals surface area contributed by atoms with Crippen LogP contribution in [0.15, 0.2) is 49.1 Å². The summed E-state index contributed by atoms with van der Waals surface area (Å²) in [5.74, 6) is -0.379. The van der Waals surface area contributed by atoms with E-state index in [0.717, 1.165) is 105 Å². The molecule has 4 fully saturated rings. The molecule has 15 nitrogen and oxygen atoms in total. The Balaban J connectivity index is 0.717. The molecular formula is C41H44Cl2N10O5. The summed E-state index contributed by atoms with van der Waals surface area (Å²) < 4.78 is 2.07. The van der Waals surface area contributed by atoms with E-state index in [1.165, 1.54) is 0 Å². The second-order valence-corrected chi connectivity index (χ2v) is 17.0. The highest BCUT2D eigenvalue weighted by molar-refractivity contribution is 6.39. The van der Waals surface area contributed by atoms with Gasteiger partial charge in [0.15, 0.2) is 11.5 Å². The molecule has 0 bridgehead atoms. The van der Waals surface area contributed by atoms with Gasteiger partial charge in [-0.2, -0.15) is 0 Å². The van der Waals surface area contributed by atoms with Crippen LogP contribution in [0.2, 0.25) is 10.0 Å². The smallest absolute Gasteiger partial charge is 0.262 e. The zero-order chi connectivity index (χ0) is 40.1. The first-order chi connectivity index (χ1) is 28.1. The largest absolute Gasteiger partial charge is 0.371 e. The maximum atomic E-state index is 13.3. The number of likely N-dealkylation sites (tertiary alicyclic amines) is 1. The molecule has 4 aliphatic heterocycles. The Morgan fingerprint density at radius 1 is 0.845 bits per heavy atom. The lowest BCUT2D eigenvalue weighted by Gasteiger charge is -2.38. The number of piperidine rings is 3. The Morgan fingerprint density at radius 3 is 2.31 bits per heavy atom. The Labute approximate surface area is 344 Å². The van der Waals surface area contributed by atoms with Crippen LogP contribution in [0.25, 0.3) is 11.2 Å². The lowest BCUT2D eigenvalue weighted by Crippen LogP contribution is -2.54. The first kappa shape index (κ1) is 38.4. The van der Waals surface area contributed by atoms with E-state index in [9.17, 15) is 24.0 Å². The SMILES string of the molecule is O=C1CC[C@H](N2C(=O)c3ccc(N4CCC(CN5CCC(CNc6ncnc7c6ncn7C6CC(NC(=O)c7c(Cl)cccc7Cl)C6)CC5)CC4)cc3C2=O)C(=O)N1. The summed E-state index contributed by atoms with van der Waals surface area (Å²) in [4.78, 5) is 83.0. The highest BCUT2D eigenvalue weighted by Gasteiger charge is 2.45. The van der Waals surface area contributed by atoms with E-state index in [2.05, 4.69) is 45.3 Å². The number of fused-ring (bicyclic) bond motifs is 2. The number of hydrogen-bond acceptors (Lipinski definition) is 11. The van der Waals surface area contributed by atoms with Crippen LogP contribution in [0.3, 0.4) is 0 Å². The van der Waals surface area contributed by atoms with Gasteiger partial charge in [-0.1, -0.05) is 29.3 Å². The second kappa shape index (κ2) is 15.9. The van der Waals surface area contributed by atoms with Gasteiger partial charge in [-0.3, -0.25) is 34.2 Å². The number of carbonyl (C=O) groups is 5. The number of benzene rings is 2. The van der Waals surface area contributed by atoms with Gasteiger partial charge in [-0.05, 0) is 100 Å². The van der Waals surface area contributed by atoms with Gasteiger partial charge in [0.25, 0.3) is 17.7 Å². The maximum absolute atomic E-state index is 13.3. The lowest BCUT2D eigenvalue weighted by molar-refractivity contribution is -0.136. The molecule has 5 amide bonds. The summed E-state index contributed by atoms with van der Waals surface area (Å²) in [5.41, 5.74) is 3.35. The first-order valence-electron chi connectivity index (χ1n) is 20.1. The van der Waals surface area contributed by atoms with E-state index < -0.39 is 23.8 Å². The van der Waals surface area contributed by atoms with Gasteiger partial charge in [0.1, 0.15) is 17.9 Å². The molecule has 5 aliphatic rings.